The Balaban J connectivity index is 0.975. The average molecular weight is 1260 g/mol. The molecular formula is C90H72BN3Si2. The summed E-state index contributed by atoms with van der Waals surface area (Å²) in [4.78, 5) is 5.25. The third-order valence-electron chi connectivity index (χ3n) is 20.8. The minimum absolute atomic E-state index is 0.130. The number of aromatic nitrogens is 1. The number of hydrogen-bond donors (Lipinski definition) is 0. The number of anilines is 6. The smallest absolute Gasteiger partial charge is 0.252 e. The molecule has 0 saturated carbocycles. The molecule has 0 fully saturated rings. The molecule has 6 heteroatoms. The summed E-state index contributed by atoms with van der Waals surface area (Å²) < 4.78 is 2.58. The zero-order chi connectivity index (χ0) is 64.5. The molecule has 0 spiro atoms. The van der Waals surface area contributed by atoms with E-state index in [0.717, 1.165) is 28.4 Å². The van der Waals surface area contributed by atoms with E-state index in [0.29, 0.717) is 11.8 Å². The van der Waals surface area contributed by atoms with Crippen LogP contribution in [0.1, 0.15) is 50.7 Å². The standard InChI is InChI=1S/C90H72BN3Si2/c1-63(2)66-47-54-84-80(57-66)81-58-67(64(3)4)48-55-85(81)94(84)71-61-88-90-89(62-71)93(70-31-28-44-79(60-70)96(75-38-20-9-21-39-75,76-40-22-10-23-41-76)77-42-24-11-25-43-77)87-56-49-68(65-29-12-5-13-30-65)59-83(87)91(90)82-45-26-27-46-86(82)92(88)69-50-52-78(53-51-69)95(72-32-14-6-15-33-72,73-34-16-7-17-35-73)74-36-18-8-19-37-74/h5-64H,1-4H3. The fourth-order valence-corrected chi connectivity index (χ4v) is 25.9. The molecule has 0 unspecified atom stereocenters. The van der Waals surface area contributed by atoms with Gasteiger partial charge in [0.15, 0.2) is 16.1 Å². The Bertz CT molecular complexity index is 5100. The van der Waals surface area contributed by atoms with Crippen LogP contribution in [0.25, 0.3) is 38.6 Å². The summed E-state index contributed by atoms with van der Waals surface area (Å²) in [5.41, 5.74) is 19.2. The summed E-state index contributed by atoms with van der Waals surface area (Å²) in [6.07, 6.45) is 0. The first kappa shape index (κ1) is 58.8. The highest BCUT2D eigenvalue weighted by Crippen LogP contribution is 2.47. The van der Waals surface area contributed by atoms with Gasteiger partial charge in [-0.15, -0.1) is 0 Å². The molecule has 0 bridgehead atoms. The van der Waals surface area contributed by atoms with Crippen LogP contribution in [-0.2, 0) is 0 Å². The summed E-state index contributed by atoms with van der Waals surface area (Å²) in [6.45, 7) is 9.12. The summed E-state index contributed by atoms with van der Waals surface area (Å²) >= 11 is 0. The highest BCUT2D eigenvalue weighted by Gasteiger charge is 2.47. The predicted octanol–water partition coefficient (Wildman–Crippen LogP) is 15.5. The van der Waals surface area contributed by atoms with Crippen LogP contribution in [0.4, 0.5) is 34.1 Å². The van der Waals surface area contributed by atoms with E-state index in [1.54, 1.807) is 0 Å². The Labute approximate surface area is 566 Å². The molecule has 0 saturated heterocycles. The maximum atomic E-state index is 2.64. The minimum atomic E-state index is -3.01. The molecule has 0 atom stereocenters. The van der Waals surface area contributed by atoms with Crippen molar-refractivity contribution in [3.8, 4) is 16.8 Å². The first-order valence-corrected chi connectivity index (χ1v) is 38.0. The fraction of sp³-hybridized carbons (Fsp3) is 0.0667. The van der Waals surface area contributed by atoms with E-state index in [2.05, 4.69) is 394 Å². The summed E-state index contributed by atoms with van der Waals surface area (Å²) in [5, 5.41) is 13.3. The van der Waals surface area contributed by atoms with Gasteiger partial charge in [0.05, 0.1) is 16.7 Å². The zero-order valence-electron chi connectivity index (χ0n) is 54.6. The molecular weight excluding hydrogens is 1190 g/mol. The van der Waals surface area contributed by atoms with Gasteiger partial charge in [-0.3, -0.25) is 0 Å². The SMILES string of the molecule is CC(C)c1ccc2c(c1)c1cc(C(C)C)ccc1n2-c1cc2c3c(c1)N(c1cccc([Si](c4ccccc4)(c4ccccc4)c4ccccc4)c1)c1ccc(-c4ccccc4)cc1B3c1ccccc1N2c1ccc([Si](c2ccccc2)(c2ccccc2)c2ccccc2)cc1. The first-order chi connectivity index (χ1) is 47.3. The topological polar surface area (TPSA) is 11.4 Å². The summed E-state index contributed by atoms with van der Waals surface area (Å²) in [5.74, 6) is 0.734. The molecule has 17 rings (SSSR count). The van der Waals surface area contributed by atoms with Gasteiger partial charge in [0.1, 0.15) is 0 Å². The third kappa shape index (κ3) is 9.45. The summed E-state index contributed by atoms with van der Waals surface area (Å²) in [7, 11) is -5.90. The van der Waals surface area contributed by atoms with Gasteiger partial charge in [0.2, 0.25) is 0 Å². The van der Waals surface area contributed by atoms with Gasteiger partial charge in [-0.1, -0.05) is 307 Å². The van der Waals surface area contributed by atoms with Crippen LogP contribution in [0.15, 0.2) is 352 Å². The van der Waals surface area contributed by atoms with Crippen molar-refractivity contribution in [2.24, 2.45) is 0 Å². The molecule has 3 heterocycles. The van der Waals surface area contributed by atoms with Crippen LogP contribution in [0.2, 0.25) is 0 Å². The van der Waals surface area contributed by atoms with Gasteiger partial charge in [-0.25, -0.2) is 0 Å². The second kappa shape index (κ2) is 24.1. The highest BCUT2D eigenvalue weighted by molar-refractivity contribution is 7.20. The second-order valence-electron chi connectivity index (χ2n) is 26.7. The Morgan fingerprint density at radius 2 is 0.656 bits per heavy atom. The number of nitrogens with zero attached hydrogens (tertiary/aromatic N) is 3. The Morgan fingerprint density at radius 3 is 1.12 bits per heavy atom. The number of para-hydroxylation sites is 1. The van der Waals surface area contributed by atoms with E-state index in [9.17, 15) is 0 Å². The normalized spacial score (nSPS) is 12.7. The zero-order valence-corrected chi connectivity index (χ0v) is 56.6. The van der Waals surface area contributed by atoms with Crippen LogP contribution in [0.5, 0.6) is 0 Å². The lowest BCUT2D eigenvalue weighted by molar-refractivity contribution is 0.868. The van der Waals surface area contributed by atoms with E-state index in [1.165, 1.54) is 113 Å². The lowest BCUT2D eigenvalue weighted by Crippen LogP contribution is -2.74. The summed E-state index contributed by atoms with van der Waals surface area (Å²) in [6, 6.07) is 134. The number of benzene rings is 14. The van der Waals surface area contributed by atoms with Crippen molar-refractivity contribution in [1.82, 2.24) is 4.57 Å². The van der Waals surface area contributed by atoms with Gasteiger partial charge in [-0.2, -0.15) is 0 Å². The van der Waals surface area contributed by atoms with Crippen molar-refractivity contribution >= 4 is 137 Å². The molecule has 2 aliphatic rings. The van der Waals surface area contributed by atoms with E-state index >= 15 is 0 Å². The Hall–Kier alpha value is -11.0. The molecule has 15 aromatic rings. The maximum Gasteiger partial charge on any atom is 0.252 e. The van der Waals surface area contributed by atoms with Crippen LogP contribution in [0.3, 0.4) is 0 Å². The van der Waals surface area contributed by atoms with Gasteiger partial charge in [0.25, 0.3) is 6.71 Å². The van der Waals surface area contributed by atoms with Gasteiger partial charge < -0.3 is 14.4 Å². The quantitative estimate of drug-likeness (QED) is 0.0794. The molecule has 0 aliphatic carbocycles. The molecule has 0 amide bonds. The first-order valence-electron chi connectivity index (χ1n) is 34.0. The van der Waals surface area contributed by atoms with Crippen molar-refractivity contribution in [3.05, 3.63) is 363 Å². The van der Waals surface area contributed by atoms with E-state index in [4.69, 9.17) is 0 Å². The average Bonchev–Trinajstić information content (AvgIpc) is 0.919. The molecule has 0 N–H and O–H groups in total. The molecule has 14 aromatic carbocycles. The molecule has 96 heavy (non-hydrogen) atoms. The number of fused-ring (bicyclic) bond motifs is 7. The lowest BCUT2D eigenvalue weighted by atomic mass is 9.33. The Kier molecular flexibility index (Phi) is 14.7. The highest BCUT2D eigenvalue weighted by atomic mass is 28.3. The van der Waals surface area contributed by atoms with Crippen LogP contribution < -0.4 is 67.7 Å². The van der Waals surface area contributed by atoms with Crippen molar-refractivity contribution in [2.75, 3.05) is 9.80 Å². The van der Waals surface area contributed by atoms with Crippen molar-refractivity contribution in [1.29, 1.82) is 0 Å². The number of rotatable bonds is 14. The van der Waals surface area contributed by atoms with Gasteiger partial charge in [-0.05, 0) is 165 Å². The molecule has 0 radical (unpaired) electrons. The largest absolute Gasteiger partial charge is 0.311 e. The molecule has 2 aliphatic heterocycles. The molecule has 3 nitrogen and oxygen atoms in total. The Morgan fingerprint density at radius 1 is 0.260 bits per heavy atom. The second-order valence-corrected chi connectivity index (χ2v) is 34.3. The van der Waals surface area contributed by atoms with E-state index in [1.807, 2.05) is 0 Å². The predicted molar refractivity (Wildman–Crippen MR) is 416 cm³/mol. The van der Waals surface area contributed by atoms with Crippen LogP contribution in [0, 0.1) is 0 Å². The minimum Gasteiger partial charge on any atom is -0.311 e. The van der Waals surface area contributed by atoms with Crippen molar-refractivity contribution in [3.63, 3.8) is 0 Å². The number of hydrogen-bond acceptors (Lipinski definition) is 2. The third-order valence-corrected chi connectivity index (χ3v) is 30.4. The van der Waals surface area contributed by atoms with E-state index in [-0.39, 0.29) is 6.71 Å². The van der Waals surface area contributed by atoms with Crippen molar-refractivity contribution in [2.45, 2.75) is 39.5 Å². The molecule has 458 valence electrons. The van der Waals surface area contributed by atoms with Gasteiger partial charge in [0, 0.05) is 44.9 Å². The lowest BCUT2D eigenvalue weighted by Gasteiger charge is -2.45. The molecule has 1 aromatic heterocycles. The fourth-order valence-electron chi connectivity index (χ4n) is 16.4. The van der Waals surface area contributed by atoms with Crippen LogP contribution in [-0.4, -0.2) is 27.4 Å². The van der Waals surface area contributed by atoms with Crippen molar-refractivity contribution < 1.29 is 0 Å². The monoisotopic (exact) mass is 1260 g/mol. The van der Waals surface area contributed by atoms with Crippen LogP contribution >= 0.6 is 0 Å². The maximum absolute atomic E-state index is 3.01. The van der Waals surface area contributed by atoms with Gasteiger partial charge >= 0.3 is 0 Å². The van der Waals surface area contributed by atoms with E-state index < -0.39 is 16.1 Å².